The molecule has 0 saturated carbocycles. The van der Waals surface area contributed by atoms with Gasteiger partial charge in [-0.3, -0.25) is 0 Å². The van der Waals surface area contributed by atoms with Crippen LogP contribution in [-0.2, 0) is 23.0 Å². The summed E-state index contributed by atoms with van der Waals surface area (Å²) in [5.41, 5.74) is 3.64. The fraction of sp³-hybridized carbons (Fsp3) is 0.160. The molecule has 0 saturated heterocycles. The molecule has 0 bridgehead atoms. The Kier molecular flexibility index (Phi) is 6.38. The number of hydrogen-bond donors (Lipinski definition) is 1. The molecule has 0 atom stereocenters. The first-order valence-electron chi connectivity index (χ1n) is 10.4. The lowest BCUT2D eigenvalue weighted by molar-refractivity contribution is 0.154. The summed E-state index contributed by atoms with van der Waals surface area (Å²) in [5, 5.41) is 10.5. The van der Waals surface area contributed by atoms with Crippen molar-refractivity contribution >= 4 is 38.6 Å². The summed E-state index contributed by atoms with van der Waals surface area (Å²) in [6.45, 7) is 1.93. The molecule has 9 heteroatoms. The van der Waals surface area contributed by atoms with Crippen molar-refractivity contribution < 1.29 is 22.7 Å². The van der Waals surface area contributed by atoms with Crippen LogP contribution in [0.25, 0.3) is 10.9 Å². The molecular weight excluding hydrogens is 479 g/mol. The number of fused-ring (bicyclic) bond motifs is 1. The lowest BCUT2D eigenvalue weighted by Crippen LogP contribution is -2.23. The molecule has 0 spiro atoms. The number of rotatable bonds is 6. The predicted octanol–water partition coefficient (Wildman–Crippen LogP) is 5.68. The van der Waals surface area contributed by atoms with Crippen molar-refractivity contribution in [1.29, 1.82) is 0 Å². The molecule has 0 unspecified atom stereocenters. The highest BCUT2D eigenvalue weighted by Gasteiger charge is 2.23. The van der Waals surface area contributed by atoms with Crippen molar-refractivity contribution in [3.05, 3.63) is 100.0 Å². The van der Waals surface area contributed by atoms with E-state index in [0.29, 0.717) is 27.9 Å². The van der Waals surface area contributed by atoms with E-state index in [4.69, 9.17) is 11.6 Å². The van der Waals surface area contributed by atoms with Crippen LogP contribution < -0.4 is 0 Å². The monoisotopic (exact) mass is 500 g/mol. The van der Waals surface area contributed by atoms with Gasteiger partial charge in [0, 0.05) is 23.7 Å². The Hall–Kier alpha value is -3.36. The predicted molar refractivity (Wildman–Crippen MR) is 129 cm³/mol. The highest BCUT2D eigenvalue weighted by atomic mass is 35.5. The van der Waals surface area contributed by atoms with Crippen molar-refractivity contribution in [1.82, 2.24) is 8.87 Å². The number of aromatic nitrogens is 1. The zero-order valence-corrected chi connectivity index (χ0v) is 20.1. The normalized spacial score (nSPS) is 11.6. The van der Waals surface area contributed by atoms with Crippen LogP contribution in [0.5, 0.6) is 0 Å². The minimum Gasteiger partial charge on any atom is -0.465 e. The van der Waals surface area contributed by atoms with E-state index in [1.807, 2.05) is 31.2 Å². The second-order valence-corrected chi connectivity index (χ2v) is 10.4. The molecular formula is C25H22ClFN2O4S. The third-order valence-electron chi connectivity index (χ3n) is 5.61. The second-order valence-electron chi connectivity index (χ2n) is 8.17. The zero-order valence-electron chi connectivity index (χ0n) is 18.5. The van der Waals surface area contributed by atoms with E-state index in [-0.39, 0.29) is 11.4 Å². The molecule has 0 fully saturated rings. The Morgan fingerprint density at radius 1 is 1.09 bits per heavy atom. The number of aryl methyl sites for hydroxylation is 1. The van der Waals surface area contributed by atoms with Crippen molar-refractivity contribution in [3.8, 4) is 0 Å². The van der Waals surface area contributed by atoms with Gasteiger partial charge in [-0.1, -0.05) is 41.9 Å². The van der Waals surface area contributed by atoms with Crippen LogP contribution in [0.1, 0.15) is 22.3 Å². The topological polar surface area (TPSA) is 79.6 Å². The summed E-state index contributed by atoms with van der Waals surface area (Å²) in [6, 6.07) is 15.9. The molecule has 1 aromatic heterocycles. The molecule has 1 N–H and O–H groups in total. The standard InChI is InChI=1S/C25H22ClFN2O4S/c1-16-6-8-18(23(26)10-16)11-17-7-9-22-19(14-28(2)25(30)31)15-29(24(22)12-17)34(32,33)21-5-3-4-20(27)13-21/h3-10,12-13,15H,11,14H2,1-2H3,(H,30,31). The van der Waals surface area contributed by atoms with Gasteiger partial charge in [0.1, 0.15) is 5.82 Å². The number of carbonyl (C=O) groups is 1. The summed E-state index contributed by atoms with van der Waals surface area (Å²) in [4.78, 5) is 12.2. The van der Waals surface area contributed by atoms with Crippen LogP contribution in [0.2, 0.25) is 5.02 Å². The highest BCUT2D eigenvalue weighted by Crippen LogP contribution is 2.30. The maximum Gasteiger partial charge on any atom is 0.407 e. The first kappa shape index (κ1) is 23.8. The highest BCUT2D eigenvalue weighted by molar-refractivity contribution is 7.90. The van der Waals surface area contributed by atoms with Gasteiger partial charge >= 0.3 is 6.09 Å². The van der Waals surface area contributed by atoms with Gasteiger partial charge in [-0.05, 0) is 65.9 Å². The number of carboxylic acid groups (broad SMARTS) is 1. The first-order chi connectivity index (χ1) is 16.1. The quantitative estimate of drug-likeness (QED) is 0.369. The van der Waals surface area contributed by atoms with Crippen LogP contribution >= 0.6 is 11.6 Å². The molecule has 1 amide bonds. The van der Waals surface area contributed by atoms with E-state index in [1.54, 1.807) is 12.1 Å². The van der Waals surface area contributed by atoms with Gasteiger partial charge in [-0.15, -0.1) is 0 Å². The number of benzene rings is 3. The van der Waals surface area contributed by atoms with E-state index in [2.05, 4.69) is 0 Å². The molecule has 0 aliphatic heterocycles. The average molecular weight is 501 g/mol. The summed E-state index contributed by atoms with van der Waals surface area (Å²) >= 11 is 6.39. The van der Waals surface area contributed by atoms with Gasteiger partial charge < -0.3 is 10.0 Å². The van der Waals surface area contributed by atoms with E-state index in [1.165, 1.54) is 31.4 Å². The number of halogens is 2. The third-order valence-corrected chi connectivity index (χ3v) is 7.63. The smallest absolute Gasteiger partial charge is 0.407 e. The molecule has 1 heterocycles. The van der Waals surface area contributed by atoms with Gasteiger partial charge in [0.15, 0.2) is 0 Å². The molecule has 176 valence electrons. The van der Waals surface area contributed by atoms with Gasteiger partial charge in [0.25, 0.3) is 10.0 Å². The van der Waals surface area contributed by atoms with Gasteiger partial charge in [-0.25, -0.2) is 21.6 Å². The van der Waals surface area contributed by atoms with E-state index in [0.717, 1.165) is 31.6 Å². The molecule has 0 aliphatic rings. The second kappa shape index (κ2) is 9.12. The Morgan fingerprint density at radius 3 is 2.53 bits per heavy atom. The van der Waals surface area contributed by atoms with Crippen LogP contribution in [0.4, 0.5) is 9.18 Å². The summed E-state index contributed by atoms with van der Waals surface area (Å²) in [6.07, 6.45) is 0.733. The van der Waals surface area contributed by atoms with E-state index >= 15 is 0 Å². The Balaban J connectivity index is 1.87. The SMILES string of the molecule is Cc1ccc(Cc2ccc3c(CN(C)C(=O)O)cn(S(=O)(=O)c4cccc(F)c4)c3c2)c(Cl)c1. The largest absolute Gasteiger partial charge is 0.465 e. The van der Waals surface area contributed by atoms with Crippen LogP contribution in [0.15, 0.2) is 71.8 Å². The van der Waals surface area contributed by atoms with Crippen molar-refractivity contribution in [2.24, 2.45) is 0 Å². The molecule has 4 rings (SSSR count). The number of amides is 1. The van der Waals surface area contributed by atoms with Crippen LogP contribution in [0.3, 0.4) is 0 Å². The molecule has 4 aromatic rings. The molecule has 34 heavy (non-hydrogen) atoms. The average Bonchev–Trinajstić information content (AvgIpc) is 3.14. The maximum atomic E-state index is 13.8. The summed E-state index contributed by atoms with van der Waals surface area (Å²) in [5.74, 6) is -0.668. The summed E-state index contributed by atoms with van der Waals surface area (Å²) in [7, 11) is -2.74. The zero-order chi connectivity index (χ0) is 24.6. The minimum absolute atomic E-state index is 0.0133. The molecule has 0 radical (unpaired) electrons. The number of nitrogens with zero attached hydrogens (tertiary/aromatic N) is 2. The minimum atomic E-state index is -4.14. The summed E-state index contributed by atoms with van der Waals surface area (Å²) < 4.78 is 41.8. The van der Waals surface area contributed by atoms with Crippen LogP contribution in [-0.4, -0.2) is 35.5 Å². The van der Waals surface area contributed by atoms with Gasteiger partial charge in [-0.2, -0.15) is 0 Å². The van der Waals surface area contributed by atoms with Crippen molar-refractivity contribution in [2.75, 3.05) is 7.05 Å². The first-order valence-corrected chi connectivity index (χ1v) is 12.2. The maximum absolute atomic E-state index is 13.8. The Labute approximate surface area is 201 Å². The van der Waals surface area contributed by atoms with Gasteiger partial charge in [0.2, 0.25) is 0 Å². The lowest BCUT2D eigenvalue weighted by atomic mass is 10.0. The fourth-order valence-electron chi connectivity index (χ4n) is 3.83. The van der Waals surface area contributed by atoms with Gasteiger partial charge in [0.05, 0.1) is 17.0 Å². The Bertz CT molecular complexity index is 1510. The molecule has 3 aromatic carbocycles. The van der Waals surface area contributed by atoms with Crippen molar-refractivity contribution in [2.45, 2.75) is 24.8 Å². The number of hydrogen-bond acceptors (Lipinski definition) is 3. The van der Waals surface area contributed by atoms with Crippen molar-refractivity contribution in [3.63, 3.8) is 0 Å². The molecule has 6 nitrogen and oxygen atoms in total. The van der Waals surface area contributed by atoms with E-state index < -0.39 is 21.9 Å². The molecule has 0 aliphatic carbocycles. The lowest BCUT2D eigenvalue weighted by Gasteiger charge is -2.11. The Morgan fingerprint density at radius 2 is 1.85 bits per heavy atom. The van der Waals surface area contributed by atoms with E-state index in [9.17, 15) is 22.7 Å². The fourth-order valence-corrected chi connectivity index (χ4v) is 5.54. The third kappa shape index (κ3) is 4.64. The van der Waals surface area contributed by atoms with Crippen LogP contribution in [0, 0.1) is 12.7 Å².